The standard InChI is InChI=1S/C21H14BrClN2OS/c22-16-7-5-14(6-8-16)20-10-9-17(26-20)12-24-21-25-13-18(27-21)11-15-3-1-2-4-19(15)23/h1-10,12-13H,11H2. The fourth-order valence-corrected chi connectivity index (χ4v) is 3.82. The van der Waals surface area contributed by atoms with E-state index in [1.165, 1.54) is 0 Å². The Balaban J connectivity index is 1.45. The second-order valence-corrected chi connectivity index (χ2v) is 8.26. The van der Waals surface area contributed by atoms with E-state index >= 15 is 0 Å². The van der Waals surface area contributed by atoms with Crippen molar-refractivity contribution in [1.82, 2.24) is 4.98 Å². The van der Waals surface area contributed by atoms with Gasteiger partial charge in [0.15, 0.2) is 0 Å². The number of aliphatic imine (C=N–C) groups is 1. The Labute approximate surface area is 174 Å². The van der Waals surface area contributed by atoms with E-state index in [1.54, 1.807) is 17.6 Å². The zero-order valence-corrected chi connectivity index (χ0v) is 17.3. The predicted molar refractivity (Wildman–Crippen MR) is 115 cm³/mol. The van der Waals surface area contributed by atoms with Crippen molar-refractivity contribution in [3.8, 4) is 11.3 Å². The number of furan rings is 1. The monoisotopic (exact) mass is 456 g/mol. The van der Waals surface area contributed by atoms with Crippen LogP contribution in [0, 0.1) is 0 Å². The lowest BCUT2D eigenvalue weighted by molar-refractivity contribution is 0.575. The fraction of sp³-hybridized carbons (Fsp3) is 0.0476. The summed E-state index contributed by atoms with van der Waals surface area (Å²) in [6, 6.07) is 19.7. The van der Waals surface area contributed by atoms with E-state index in [1.807, 2.05) is 66.9 Å². The van der Waals surface area contributed by atoms with Crippen LogP contribution < -0.4 is 0 Å². The number of benzene rings is 2. The average Bonchev–Trinajstić information content (AvgIpc) is 3.32. The third kappa shape index (κ3) is 4.56. The van der Waals surface area contributed by atoms with Crippen LogP contribution in [0.2, 0.25) is 5.02 Å². The molecule has 0 radical (unpaired) electrons. The van der Waals surface area contributed by atoms with E-state index in [4.69, 9.17) is 16.0 Å². The molecule has 0 N–H and O–H groups in total. The summed E-state index contributed by atoms with van der Waals surface area (Å²) in [6.07, 6.45) is 4.29. The molecule has 0 unspecified atom stereocenters. The summed E-state index contributed by atoms with van der Waals surface area (Å²) >= 11 is 11.2. The van der Waals surface area contributed by atoms with Crippen molar-refractivity contribution >= 4 is 50.2 Å². The van der Waals surface area contributed by atoms with Gasteiger partial charge in [-0.1, -0.05) is 69.2 Å². The third-order valence-corrected chi connectivity index (χ3v) is 5.72. The Bertz CT molecular complexity index is 1090. The molecule has 27 heavy (non-hydrogen) atoms. The van der Waals surface area contributed by atoms with Crippen molar-refractivity contribution in [3.05, 3.63) is 92.6 Å². The normalized spacial score (nSPS) is 11.3. The Hall–Kier alpha value is -2.21. The first-order valence-corrected chi connectivity index (χ1v) is 10.2. The molecule has 0 saturated heterocycles. The minimum atomic E-state index is 0.691. The van der Waals surface area contributed by atoms with Gasteiger partial charge in [0.25, 0.3) is 0 Å². The average molecular weight is 458 g/mol. The molecule has 2 aromatic carbocycles. The maximum absolute atomic E-state index is 6.22. The minimum absolute atomic E-state index is 0.691. The summed E-state index contributed by atoms with van der Waals surface area (Å²) in [6.45, 7) is 0. The van der Waals surface area contributed by atoms with Crippen LogP contribution in [-0.4, -0.2) is 11.2 Å². The summed E-state index contributed by atoms with van der Waals surface area (Å²) in [7, 11) is 0. The smallest absolute Gasteiger partial charge is 0.209 e. The van der Waals surface area contributed by atoms with Crippen molar-refractivity contribution in [3.63, 3.8) is 0 Å². The second kappa shape index (κ2) is 8.21. The van der Waals surface area contributed by atoms with E-state index in [9.17, 15) is 0 Å². The number of rotatable bonds is 5. The molecule has 2 heterocycles. The fourth-order valence-electron chi connectivity index (χ4n) is 2.58. The number of halogens is 2. The number of thiazole rings is 1. The zero-order chi connectivity index (χ0) is 18.6. The van der Waals surface area contributed by atoms with Crippen LogP contribution in [-0.2, 0) is 6.42 Å². The molecule has 2 aromatic heterocycles. The van der Waals surface area contributed by atoms with Gasteiger partial charge in [0.1, 0.15) is 11.5 Å². The van der Waals surface area contributed by atoms with Crippen LogP contribution in [0.1, 0.15) is 16.2 Å². The van der Waals surface area contributed by atoms with E-state index < -0.39 is 0 Å². The van der Waals surface area contributed by atoms with E-state index in [0.29, 0.717) is 10.9 Å². The highest BCUT2D eigenvalue weighted by Crippen LogP contribution is 2.27. The second-order valence-electron chi connectivity index (χ2n) is 5.84. The van der Waals surface area contributed by atoms with Gasteiger partial charge in [-0.15, -0.1) is 0 Å². The van der Waals surface area contributed by atoms with Crippen LogP contribution in [0.3, 0.4) is 0 Å². The van der Waals surface area contributed by atoms with Crippen molar-refractivity contribution in [2.75, 3.05) is 0 Å². The van der Waals surface area contributed by atoms with Crippen LogP contribution in [0.25, 0.3) is 11.3 Å². The van der Waals surface area contributed by atoms with Crippen LogP contribution in [0.4, 0.5) is 5.13 Å². The van der Waals surface area contributed by atoms with E-state index in [0.717, 1.165) is 37.7 Å². The van der Waals surface area contributed by atoms with Gasteiger partial charge >= 0.3 is 0 Å². The van der Waals surface area contributed by atoms with Crippen molar-refractivity contribution in [2.45, 2.75) is 6.42 Å². The highest BCUT2D eigenvalue weighted by Gasteiger charge is 2.06. The maximum atomic E-state index is 6.22. The summed E-state index contributed by atoms with van der Waals surface area (Å²) in [5, 5.41) is 1.46. The predicted octanol–water partition coefficient (Wildman–Crippen LogP) is 7.16. The molecule has 0 atom stereocenters. The highest BCUT2D eigenvalue weighted by atomic mass is 79.9. The zero-order valence-electron chi connectivity index (χ0n) is 14.1. The molecule has 4 aromatic rings. The third-order valence-electron chi connectivity index (χ3n) is 3.92. The van der Waals surface area contributed by atoms with Gasteiger partial charge in [0.05, 0.1) is 6.21 Å². The lowest BCUT2D eigenvalue weighted by Crippen LogP contribution is -1.84. The molecule has 134 valence electrons. The van der Waals surface area contributed by atoms with Gasteiger partial charge in [0, 0.05) is 32.6 Å². The Kier molecular flexibility index (Phi) is 5.53. The summed E-state index contributed by atoms with van der Waals surface area (Å²) in [5.41, 5.74) is 2.11. The van der Waals surface area contributed by atoms with Gasteiger partial charge in [-0.05, 0) is 35.9 Å². The van der Waals surface area contributed by atoms with E-state index in [2.05, 4.69) is 25.9 Å². The molecule has 4 rings (SSSR count). The number of hydrogen-bond donors (Lipinski definition) is 0. The molecule has 0 aliphatic carbocycles. The summed E-state index contributed by atoms with van der Waals surface area (Å²) < 4.78 is 6.88. The molecule has 0 fully saturated rings. The highest BCUT2D eigenvalue weighted by molar-refractivity contribution is 9.10. The number of hydrogen-bond acceptors (Lipinski definition) is 4. The van der Waals surface area contributed by atoms with Crippen molar-refractivity contribution < 1.29 is 4.42 Å². The molecule has 0 aliphatic heterocycles. The number of nitrogens with zero attached hydrogens (tertiary/aromatic N) is 2. The lowest BCUT2D eigenvalue weighted by Gasteiger charge is -2.00. The first-order valence-electron chi connectivity index (χ1n) is 8.25. The Morgan fingerprint density at radius 3 is 2.70 bits per heavy atom. The summed E-state index contributed by atoms with van der Waals surface area (Å²) in [4.78, 5) is 9.91. The minimum Gasteiger partial charge on any atom is -0.455 e. The molecule has 0 bridgehead atoms. The molecule has 0 spiro atoms. The topological polar surface area (TPSA) is 38.4 Å². The largest absolute Gasteiger partial charge is 0.455 e. The molecule has 0 amide bonds. The van der Waals surface area contributed by atoms with Gasteiger partial charge < -0.3 is 4.42 Å². The molecule has 3 nitrogen and oxygen atoms in total. The number of aromatic nitrogens is 1. The summed E-state index contributed by atoms with van der Waals surface area (Å²) in [5.74, 6) is 1.50. The van der Waals surface area contributed by atoms with Gasteiger partial charge in [-0.25, -0.2) is 9.98 Å². The SMILES string of the molecule is Clc1ccccc1Cc1cnc(N=Cc2ccc(-c3ccc(Br)cc3)o2)s1. The molecule has 0 saturated carbocycles. The van der Waals surface area contributed by atoms with Crippen LogP contribution >= 0.6 is 38.9 Å². The quantitative estimate of drug-likeness (QED) is 0.298. The first kappa shape index (κ1) is 18.2. The van der Waals surface area contributed by atoms with Crippen molar-refractivity contribution in [1.29, 1.82) is 0 Å². The Morgan fingerprint density at radius 2 is 1.89 bits per heavy atom. The molecular weight excluding hydrogens is 444 g/mol. The molecule has 0 aliphatic rings. The first-order chi connectivity index (χ1) is 13.2. The van der Waals surface area contributed by atoms with Crippen LogP contribution in [0.15, 0.2) is 80.7 Å². The van der Waals surface area contributed by atoms with Gasteiger partial charge in [-0.2, -0.15) is 0 Å². The lowest BCUT2D eigenvalue weighted by atomic mass is 10.1. The Morgan fingerprint density at radius 1 is 1.07 bits per heavy atom. The van der Waals surface area contributed by atoms with Gasteiger partial charge in [-0.3, -0.25) is 0 Å². The van der Waals surface area contributed by atoms with Gasteiger partial charge in [0.2, 0.25) is 5.13 Å². The molecular formula is C21H14BrClN2OS. The van der Waals surface area contributed by atoms with Crippen LogP contribution in [0.5, 0.6) is 0 Å². The maximum Gasteiger partial charge on any atom is 0.209 e. The van der Waals surface area contributed by atoms with Crippen molar-refractivity contribution in [2.24, 2.45) is 4.99 Å². The molecule has 6 heteroatoms. The van der Waals surface area contributed by atoms with E-state index in [-0.39, 0.29) is 0 Å².